The fourth-order valence-electron chi connectivity index (χ4n) is 6.28. The predicted molar refractivity (Wildman–Crippen MR) is 226 cm³/mol. The van der Waals surface area contributed by atoms with Gasteiger partial charge in [-0.25, -0.2) is 0 Å². The maximum atomic E-state index is 12.6. The van der Waals surface area contributed by atoms with E-state index in [1.165, 1.54) is 89.9 Å². The van der Waals surface area contributed by atoms with Crippen molar-refractivity contribution in [2.75, 3.05) is 41.0 Å². The molecule has 0 saturated heterocycles. The van der Waals surface area contributed by atoms with Gasteiger partial charge < -0.3 is 28.6 Å². The maximum absolute atomic E-state index is 12.6. The smallest absolute Gasteiger partial charge is 0.306 e. The average molecular weight is 774 g/mol. The van der Waals surface area contributed by atoms with Gasteiger partial charge in [-0.05, 0) is 57.8 Å². The number of carboxylic acid groups (broad SMARTS) is 1. The van der Waals surface area contributed by atoms with Crippen LogP contribution in [0, 0.1) is 0 Å². The van der Waals surface area contributed by atoms with Crippen molar-refractivity contribution >= 4 is 17.9 Å². The van der Waals surface area contributed by atoms with Gasteiger partial charge in [-0.2, -0.15) is 0 Å². The standard InChI is InChI=1S/C47H83NO7/c1-6-8-10-12-14-16-17-18-19-20-21-22-23-24-25-26-27-28-29-30-32-33-35-37-45(49)54-42-43(41-53-40-39-44(47(51)52)48(3,4)5)55-46(50)38-36-34-31-15-13-11-9-7-2/h8,10,14,16,18-19,31,34,43-44H,6-7,9,11-13,15,17,20-30,32-33,35-42H2,1-5H3/b10-8+,16-14+,19-18+,34-31+. The lowest BCUT2D eigenvalue weighted by Crippen LogP contribution is -2.55. The van der Waals surface area contributed by atoms with Crippen molar-refractivity contribution in [3.05, 3.63) is 48.6 Å². The van der Waals surface area contributed by atoms with E-state index in [1.807, 2.05) is 6.08 Å². The first kappa shape index (κ1) is 52.3. The van der Waals surface area contributed by atoms with Crippen molar-refractivity contribution in [3.8, 4) is 0 Å². The summed E-state index contributed by atoms with van der Waals surface area (Å²) in [5.41, 5.74) is 0. The van der Waals surface area contributed by atoms with Crippen LogP contribution >= 0.6 is 0 Å². The number of carbonyl (C=O) groups excluding carboxylic acids is 3. The first-order chi connectivity index (χ1) is 26.6. The van der Waals surface area contributed by atoms with Crippen molar-refractivity contribution in [1.29, 1.82) is 0 Å². The van der Waals surface area contributed by atoms with Crippen LogP contribution in [0.15, 0.2) is 48.6 Å². The Morgan fingerprint density at radius 2 is 1.05 bits per heavy atom. The summed E-state index contributed by atoms with van der Waals surface area (Å²) in [4.78, 5) is 36.7. The van der Waals surface area contributed by atoms with Gasteiger partial charge in [-0.1, -0.05) is 152 Å². The van der Waals surface area contributed by atoms with Gasteiger partial charge >= 0.3 is 11.9 Å². The van der Waals surface area contributed by atoms with Crippen molar-refractivity contribution < 1.29 is 38.2 Å². The quantitative estimate of drug-likeness (QED) is 0.0265. The molecule has 0 bridgehead atoms. The molecular formula is C47H83NO7. The van der Waals surface area contributed by atoms with Crippen molar-refractivity contribution in [3.63, 3.8) is 0 Å². The van der Waals surface area contributed by atoms with Gasteiger partial charge in [-0.15, -0.1) is 0 Å². The number of hydrogen-bond donors (Lipinski definition) is 0. The van der Waals surface area contributed by atoms with Gasteiger partial charge in [0.15, 0.2) is 6.10 Å². The largest absolute Gasteiger partial charge is 0.544 e. The van der Waals surface area contributed by atoms with Crippen LogP contribution in [0.2, 0.25) is 0 Å². The normalized spacial score (nSPS) is 13.4. The number of carbonyl (C=O) groups is 3. The van der Waals surface area contributed by atoms with E-state index in [0.717, 1.165) is 51.4 Å². The van der Waals surface area contributed by atoms with E-state index >= 15 is 0 Å². The highest BCUT2D eigenvalue weighted by Crippen LogP contribution is 2.14. The summed E-state index contributed by atoms with van der Waals surface area (Å²) >= 11 is 0. The third-order valence-electron chi connectivity index (χ3n) is 9.71. The Morgan fingerprint density at radius 1 is 0.564 bits per heavy atom. The van der Waals surface area contributed by atoms with E-state index in [0.29, 0.717) is 12.8 Å². The second-order valence-electron chi connectivity index (χ2n) is 15.9. The second-order valence-corrected chi connectivity index (χ2v) is 15.9. The zero-order valence-corrected chi connectivity index (χ0v) is 36.1. The first-order valence-electron chi connectivity index (χ1n) is 22.2. The molecule has 8 heteroatoms. The molecule has 0 aromatic carbocycles. The third-order valence-corrected chi connectivity index (χ3v) is 9.71. The van der Waals surface area contributed by atoms with Gasteiger partial charge in [0, 0.05) is 19.3 Å². The molecule has 0 aliphatic carbocycles. The minimum absolute atomic E-state index is 0.0252. The molecule has 0 aromatic heterocycles. The lowest BCUT2D eigenvalue weighted by molar-refractivity contribution is -0.889. The zero-order chi connectivity index (χ0) is 40.7. The van der Waals surface area contributed by atoms with E-state index in [4.69, 9.17) is 14.2 Å². The molecule has 0 radical (unpaired) electrons. The first-order valence-corrected chi connectivity index (χ1v) is 22.2. The van der Waals surface area contributed by atoms with Gasteiger partial charge in [-0.3, -0.25) is 9.59 Å². The minimum atomic E-state index is -1.13. The molecule has 0 rings (SSSR count). The maximum Gasteiger partial charge on any atom is 0.306 e. The van der Waals surface area contributed by atoms with Crippen LogP contribution in [0.3, 0.4) is 0 Å². The molecule has 2 atom stereocenters. The second kappa shape index (κ2) is 38.2. The van der Waals surface area contributed by atoms with Gasteiger partial charge in [0.1, 0.15) is 12.6 Å². The number of unbranched alkanes of at least 4 members (excludes halogenated alkanes) is 17. The van der Waals surface area contributed by atoms with E-state index < -0.39 is 18.1 Å². The SMILES string of the molecule is CC/C=C/C/C=C/C/C=C/CCCCCCCCCCCCCCCC(=O)OCC(COCCC(C(=O)[O-])[N+](C)(C)C)OC(=O)CC/C=C/CCCCCC. The van der Waals surface area contributed by atoms with Crippen LogP contribution < -0.4 is 5.11 Å². The van der Waals surface area contributed by atoms with Gasteiger partial charge in [0.25, 0.3) is 0 Å². The minimum Gasteiger partial charge on any atom is -0.544 e. The van der Waals surface area contributed by atoms with Crippen LogP contribution in [0.5, 0.6) is 0 Å². The Hall–Kier alpha value is -2.71. The summed E-state index contributed by atoms with van der Waals surface area (Å²) in [7, 11) is 5.39. The van der Waals surface area contributed by atoms with Crippen molar-refractivity contribution in [2.24, 2.45) is 0 Å². The average Bonchev–Trinajstić information content (AvgIpc) is 3.14. The van der Waals surface area contributed by atoms with Crippen LogP contribution in [-0.4, -0.2) is 75.5 Å². The summed E-state index contributed by atoms with van der Waals surface area (Å²) in [5, 5.41) is 11.6. The van der Waals surface area contributed by atoms with Crippen molar-refractivity contribution in [1.82, 2.24) is 0 Å². The molecule has 318 valence electrons. The molecule has 0 aliphatic rings. The van der Waals surface area contributed by atoms with Crippen molar-refractivity contribution in [2.45, 2.75) is 193 Å². The molecule has 2 unspecified atom stereocenters. The number of nitrogens with zero attached hydrogens (tertiary/aromatic N) is 1. The fourth-order valence-corrected chi connectivity index (χ4v) is 6.28. The number of ether oxygens (including phenoxy) is 3. The zero-order valence-electron chi connectivity index (χ0n) is 36.1. The fraction of sp³-hybridized carbons (Fsp3) is 0.766. The molecule has 0 spiro atoms. The number of quaternary nitrogens is 1. The van der Waals surface area contributed by atoms with E-state index in [-0.39, 0.29) is 49.1 Å². The summed E-state index contributed by atoms with van der Waals surface area (Å²) in [6, 6.07) is -0.729. The molecule has 0 amide bonds. The highest BCUT2D eigenvalue weighted by Gasteiger charge is 2.25. The number of rotatable bonds is 39. The van der Waals surface area contributed by atoms with E-state index in [1.54, 1.807) is 21.1 Å². The summed E-state index contributed by atoms with van der Waals surface area (Å²) in [6.07, 6.45) is 44.6. The van der Waals surface area contributed by atoms with Crippen LogP contribution in [0.1, 0.15) is 181 Å². The highest BCUT2D eigenvalue weighted by molar-refractivity contribution is 5.70. The molecule has 0 saturated carbocycles. The third kappa shape index (κ3) is 36.7. The molecule has 0 aliphatic heterocycles. The summed E-state index contributed by atoms with van der Waals surface area (Å²) in [6.45, 7) is 4.46. The number of allylic oxidation sites excluding steroid dienone is 8. The Morgan fingerprint density at radius 3 is 1.60 bits per heavy atom. The van der Waals surface area contributed by atoms with E-state index in [2.05, 4.69) is 56.4 Å². The lowest BCUT2D eigenvalue weighted by atomic mass is 10.0. The van der Waals surface area contributed by atoms with Gasteiger partial charge in [0.2, 0.25) is 0 Å². The topological polar surface area (TPSA) is 102 Å². The molecule has 55 heavy (non-hydrogen) atoms. The number of esters is 2. The summed E-state index contributed by atoms with van der Waals surface area (Å²) in [5.74, 6) is -1.80. The lowest BCUT2D eigenvalue weighted by Gasteiger charge is -2.34. The molecule has 8 nitrogen and oxygen atoms in total. The highest BCUT2D eigenvalue weighted by atomic mass is 16.6. The molecule has 0 N–H and O–H groups in total. The Balaban J connectivity index is 4.14. The monoisotopic (exact) mass is 774 g/mol. The van der Waals surface area contributed by atoms with Crippen LogP contribution in [0.25, 0.3) is 0 Å². The van der Waals surface area contributed by atoms with Gasteiger partial charge in [0.05, 0.1) is 40.3 Å². The van der Waals surface area contributed by atoms with E-state index in [9.17, 15) is 19.5 Å². The molecule has 0 aromatic rings. The van der Waals surface area contributed by atoms with Crippen LogP contribution in [-0.2, 0) is 28.6 Å². The number of carboxylic acids is 1. The Bertz CT molecular complexity index is 1040. The Labute approximate surface area is 337 Å². The number of aliphatic carboxylic acids is 1. The molecular weight excluding hydrogens is 691 g/mol. The number of likely N-dealkylation sites (N-methyl/N-ethyl adjacent to an activating group) is 1. The Kier molecular flexibility index (Phi) is 36.3. The molecule has 0 fully saturated rings. The van der Waals surface area contributed by atoms with Crippen LogP contribution in [0.4, 0.5) is 0 Å². The number of hydrogen-bond acceptors (Lipinski definition) is 7. The molecule has 0 heterocycles. The summed E-state index contributed by atoms with van der Waals surface area (Å²) < 4.78 is 17.0. The predicted octanol–water partition coefficient (Wildman–Crippen LogP) is 10.7.